The van der Waals surface area contributed by atoms with E-state index in [1.807, 2.05) is 19.1 Å². The van der Waals surface area contributed by atoms with Crippen LogP contribution in [0.5, 0.6) is 0 Å². The Labute approximate surface area is 111 Å². The number of hydrogen-bond donors (Lipinski definition) is 1. The molecule has 0 bridgehead atoms. The van der Waals surface area contributed by atoms with Gasteiger partial charge in [-0.2, -0.15) is 13.2 Å². The van der Waals surface area contributed by atoms with Crippen molar-refractivity contribution in [1.29, 1.82) is 0 Å². The molecule has 5 heteroatoms. The van der Waals surface area contributed by atoms with E-state index in [1.165, 1.54) is 4.90 Å². The molecule has 0 aromatic heterocycles. The number of alkyl halides is 3. The number of nitrogens with two attached hydrogens (primary N) is 1. The van der Waals surface area contributed by atoms with Crippen LogP contribution in [-0.2, 0) is 0 Å². The molecular weight excluding hydrogens is 253 g/mol. The number of halogens is 3. The molecule has 106 valence electrons. The zero-order valence-corrected chi connectivity index (χ0v) is 11.0. The van der Waals surface area contributed by atoms with Crippen LogP contribution in [0, 0.1) is 0 Å². The Morgan fingerprint density at radius 2 is 1.95 bits per heavy atom. The molecule has 1 aliphatic carbocycles. The lowest BCUT2D eigenvalue weighted by Crippen LogP contribution is -2.37. The van der Waals surface area contributed by atoms with E-state index in [1.54, 1.807) is 12.1 Å². The molecule has 2 rings (SSSR count). The summed E-state index contributed by atoms with van der Waals surface area (Å²) >= 11 is 0. The highest BCUT2D eigenvalue weighted by atomic mass is 19.4. The van der Waals surface area contributed by atoms with E-state index in [2.05, 4.69) is 0 Å². The highest BCUT2D eigenvalue weighted by molar-refractivity contribution is 5.56. The van der Waals surface area contributed by atoms with E-state index < -0.39 is 12.7 Å². The van der Waals surface area contributed by atoms with Gasteiger partial charge in [0.1, 0.15) is 6.54 Å². The van der Waals surface area contributed by atoms with Gasteiger partial charge in [-0.05, 0) is 30.9 Å². The zero-order valence-electron chi connectivity index (χ0n) is 11.0. The third-order valence-corrected chi connectivity index (χ3v) is 3.42. The van der Waals surface area contributed by atoms with Crippen LogP contribution in [0.15, 0.2) is 24.3 Å². The van der Waals surface area contributed by atoms with Crippen LogP contribution in [0.3, 0.4) is 0 Å². The van der Waals surface area contributed by atoms with Crippen molar-refractivity contribution in [3.8, 4) is 0 Å². The molecule has 0 aliphatic heterocycles. The predicted molar refractivity (Wildman–Crippen MR) is 70.1 cm³/mol. The Morgan fingerprint density at radius 3 is 2.47 bits per heavy atom. The van der Waals surface area contributed by atoms with Gasteiger partial charge in [-0.3, -0.25) is 0 Å². The Hall–Kier alpha value is -1.23. The van der Waals surface area contributed by atoms with Gasteiger partial charge in [0.05, 0.1) is 0 Å². The highest BCUT2D eigenvalue weighted by Crippen LogP contribution is 2.37. The van der Waals surface area contributed by atoms with Crippen molar-refractivity contribution in [1.82, 2.24) is 0 Å². The maximum absolute atomic E-state index is 12.7. The lowest BCUT2D eigenvalue weighted by atomic mass is 10.0. The van der Waals surface area contributed by atoms with Crippen LogP contribution in [0.1, 0.15) is 37.8 Å². The summed E-state index contributed by atoms with van der Waals surface area (Å²) in [6.07, 6.45) is -1.83. The van der Waals surface area contributed by atoms with Crippen molar-refractivity contribution in [2.24, 2.45) is 5.73 Å². The second-order valence-electron chi connectivity index (χ2n) is 5.05. The number of anilines is 1. The van der Waals surface area contributed by atoms with Gasteiger partial charge < -0.3 is 10.6 Å². The molecule has 2 N–H and O–H groups in total. The van der Waals surface area contributed by atoms with Crippen molar-refractivity contribution in [3.63, 3.8) is 0 Å². The number of para-hydroxylation sites is 1. The summed E-state index contributed by atoms with van der Waals surface area (Å²) in [4.78, 5) is 1.46. The monoisotopic (exact) mass is 272 g/mol. The summed E-state index contributed by atoms with van der Waals surface area (Å²) in [5.74, 6) is 0. The topological polar surface area (TPSA) is 29.3 Å². The lowest BCUT2D eigenvalue weighted by Gasteiger charge is -2.29. The minimum absolute atomic E-state index is 0.00633. The molecule has 1 aromatic rings. The molecule has 0 radical (unpaired) electrons. The standard InChI is InChI=1S/C14H19F3N2/c1-2-12(18)11-5-3-4-6-13(11)19(10-7-8-10)9-14(15,16)17/h3-6,10,12H,2,7-9,18H2,1H3/t12-/m0/s1. The van der Waals surface area contributed by atoms with Gasteiger partial charge in [0.2, 0.25) is 0 Å². The maximum Gasteiger partial charge on any atom is 0.405 e. The third kappa shape index (κ3) is 3.62. The first kappa shape index (κ1) is 14.2. The Kier molecular flexibility index (Phi) is 4.04. The fourth-order valence-corrected chi connectivity index (χ4v) is 2.27. The smallest absolute Gasteiger partial charge is 0.359 e. The van der Waals surface area contributed by atoms with Crippen LogP contribution in [0.4, 0.5) is 18.9 Å². The molecule has 1 saturated carbocycles. The summed E-state index contributed by atoms with van der Waals surface area (Å²) in [5.41, 5.74) is 7.45. The average Bonchev–Trinajstić information content (AvgIpc) is 3.18. The van der Waals surface area contributed by atoms with Crippen LogP contribution in [0.25, 0.3) is 0 Å². The first-order chi connectivity index (χ1) is 8.92. The Balaban J connectivity index is 2.31. The van der Waals surface area contributed by atoms with E-state index in [4.69, 9.17) is 5.73 Å². The number of rotatable bonds is 5. The van der Waals surface area contributed by atoms with Crippen molar-refractivity contribution in [2.45, 2.75) is 44.4 Å². The van der Waals surface area contributed by atoms with Crippen molar-refractivity contribution in [2.75, 3.05) is 11.4 Å². The second-order valence-corrected chi connectivity index (χ2v) is 5.05. The van der Waals surface area contributed by atoms with Gasteiger partial charge >= 0.3 is 6.18 Å². The summed E-state index contributed by atoms with van der Waals surface area (Å²) in [5, 5.41) is 0. The maximum atomic E-state index is 12.7. The van der Waals surface area contributed by atoms with E-state index in [0.29, 0.717) is 12.1 Å². The molecule has 1 aliphatic rings. The van der Waals surface area contributed by atoms with Crippen LogP contribution in [0.2, 0.25) is 0 Å². The minimum Gasteiger partial charge on any atom is -0.359 e. The van der Waals surface area contributed by atoms with E-state index in [9.17, 15) is 13.2 Å². The summed E-state index contributed by atoms with van der Waals surface area (Å²) in [6.45, 7) is 1.04. The van der Waals surface area contributed by atoms with Gasteiger partial charge in [-0.15, -0.1) is 0 Å². The van der Waals surface area contributed by atoms with E-state index in [-0.39, 0.29) is 12.1 Å². The van der Waals surface area contributed by atoms with Gasteiger partial charge in [0.25, 0.3) is 0 Å². The molecular formula is C14H19F3N2. The van der Waals surface area contributed by atoms with Crippen molar-refractivity contribution in [3.05, 3.63) is 29.8 Å². The molecule has 1 fully saturated rings. The summed E-state index contributed by atoms with van der Waals surface area (Å²) in [6, 6.07) is 6.96. The van der Waals surface area contributed by atoms with E-state index >= 15 is 0 Å². The van der Waals surface area contributed by atoms with Crippen LogP contribution < -0.4 is 10.6 Å². The summed E-state index contributed by atoms with van der Waals surface area (Å²) in [7, 11) is 0. The molecule has 0 spiro atoms. The molecule has 0 heterocycles. The fourth-order valence-electron chi connectivity index (χ4n) is 2.27. The minimum atomic E-state index is -4.19. The van der Waals surface area contributed by atoms with E-state index in [0.717, 1.165) is 18.4 Å². The number of hydrogen-bond acceptors (Lipinski definition) is 2. The zero-order chi connectivity index (χ0) is 14.0. The molecule has 2 nitrogen and oxygen atoms in total. The fraction of sp³-hybridized carbons (Fsp3) is 0.571. The number of benzene rings is 1. The first-order valence-corrected chi connectivity index (χ1v) is 6.60. The SMILES string of the molecule is CC[C@H](N)c1ccccc1N(CC(F)(F)F)C1CC1. The molecule has 19 heavy (non-hydrogen) atoms. The van der Waals surface area contributed by atoms with Gasteiger partial charge in [-0.25, -0.2) is 0 Å². The Morgan fingerprint density at radius 1 is 1.32 bits per heavy atom. The first-order valence-electron chi connectivity index (χ1n) is 6.60. The van der Waals surface area contributed by atoms with Crippen LogP contribution in [-0.4, -0.2) is 18.8 Å². The van der Waals surface area contributed by atoms with Crippen molar-refractivity contribution < 1.29 is 13.2 Å². The lowest BCUT2D eigenvalue weighted by molar-refractivity contribution is -0.120. The molecule has 0 amide bonds. The highest BCUT2D eigenvalue weighted by Gasteiger charge is 2.39. The predicted octanol–water partition coefficient (Wildman–Crippen LogP) is 3.63. The van der Waals surface area contributed by atoms with Gasteiger partial charge in [0.15, 0.2) is 0 Å². The normalized spacial score (nSPS) is 17.3. The largest absolute Gasteiger partial charge is 0.405 e. The third-order valence-electron chi connectivity index (χ3n) is 3.42. The molecule has 0 saturated heterocycles. The van der Waals surface area contributed by atoms with Gasteiger partial charge in [0, 0.05) is 17.8 Å². The number of nitrogens with zero attached hydrogens (tertiary/aromatic N) is 1. The van der Waals surface area contributed by atoms with Crippen molar-refractivity contribution >= 4 is 5.69 Å². The molecule has 1 aromatic carbocycles. The van der Waals surface area contributed by atoms with Gasteiger partial charge in [-0.1, -0.05) is 25.1 Å². The summed E-state index contributed by atoms with van der Waals surface area (Å²) < 4.78 is 38.2. The quantitative estimate of drug-likeness (QED) is 0.887. The Bertz CT molecular complexity index is 427. The molecule has 1 atom stereocenters. The molecule has 0 unspecified atom stereocenters. The van der Waals surface area contributed by atoms with Crippen LogP contribution >= 0.6 is 0 Å². The average molecular weight is 272 g/mol. The second kappa shape index (κ2) is 5.41.